The van der Waals surface area contributed by atoms with E-state index in [1.165, 1.54) is 5.56 Å². The summed E-state index contributed by atoms with van der Waals surface area (Å²) in [5, 5.41) is 12.4. The summed E-state index contributed by atoms with van der Waals surface area (Å²) in [4.78, 5) is 25.3. The van der Waals surface area contributed by atoms with Crippen LogP contribution in [0.15, 0.2) is 97.2 Å². The van der Waals surface area contributed by atoms with Gasteiger partial charge in [-0.25, -0.2) is 0 Å². The monoisotopic (exact) mass is 424 g/mol. The maximum absolute atomic E-state index is 12.7. The van der Waals surface area contributed by atoms with Crippen LogP contribution in [0.2, 0.25) is 0 Å². The summed E-state index contributed by atoms with van der Waals surface area (Å²) >= 11 is 0. The topological polar surface area (TPSA) is 86.9 Å². The van der Waals surface area contributed by atoms with Crippen LogP contribution in [-0.4, -0.2) is 22.0 Å². The van der Waals surface area contributed by atoms with Gasteiger partial charge in [0.2, 0.25) is 0 Å². The second-order valence-corrected chi connectivity index (χ2v) is 7.47. The first-order valence-corrected chi connectivity index (χ1v) is 10.5. The van der Waals surface area contributed by atoms with Gasteiger partial charge in [-0.1, -0.05) is 72.8 Å². The SMILES string of the molecule is O=C(Nc1cccc(-c2ccn[nH]2)c1)C(=O)NC(CCc1ccccc1)c1ccccc1. The van der Waals surface area contributed by atoms with E-state index in [0.29, 0.717) is 12.1 Å². The quantitative estimate of drug-likeness (QED) is 0.382. The Morgan fingerprint density at radius 2 is 1.59 bits per heavy atom. The van der Waals surface area contributed by atoms with Gasteiger partial charge in [-0.15, -0.1) is 0 Å². The van der Waals surface area contributed by atoms with Crippen molar-refractivity contribution >= 4 is 17.5 Å². The Morgan fingerprint density at radius 3 is 2.31 bits per heavy atom. The number of nitrogens with zero attached hydrogens (tertiary/aromatic N) is 1. The van der Waals surface area contributed by atoms with Gasteiger partial charge in [-0.05, 0) is 42.2 Å². The van der Waals surface area contributed by atoms with Gasteiger partial charge in [0.05, 0.1) is 11.7 Å². The van der Waals surface area contributed by atoms with Crippen LogP contribution in [0, 0.1) is 0 Å². The van der Waals surface area contributed by atoms with Crippen molar-refractivity contribution in [1.29, 1.82) is 0 Å². The number of rotatable bonds is 7. The van der Waals surface area contributed by atoms with Gasteiger partial charge >= 0.3 is 11.8 Å². The second-order valence-electron chi connectivity index (χ2n) is 7.47. The fourth-order valence-corrected chi connectivity index (χ4v) is 3.56. The van der Waals surface area contributed by atoms with Crippen molar-refractivity contribution in [2.45, 2.75) is 18.9 Å². The number of benzene rings is 3. The molecule has 0 fully saturated rings. The average Bonchev–Trinajstić information content (AvgIpc) is 3.38. The molecular weight excluding hydrogens is 400 g/mol. The smallest absolute Gasteiger partial charge is 0.313 e. The van der Waals surface area contributed by atoms with Gasteiger partial charge in [0.15, 0.2) is 0 Å². The summed E-state index contributed by atoms with van der Waals surface area (Å²) in [6.45, 7) is 0. The molecule has 3 N–H and O–H groups in total. The van der Waals surface area contributed by atoms with E-state index in [0.717, 1.165) is 23.2 Å². The number of hydrogen-bond acceptors (Lipinski definition) is 3. The van der Waals surface area contributed by atoms with Gasteiger partial charge < -0.3 is 10.6 Å². The molecule has 32 heavy (non-hydrogen) atoms. The predicted octanol–water partition coefficient (Wildman–Crippen LogP) is 4.51. The molecule has 1 unspecified atom stereocenters. The van der Waals surface area contributed by atoms with Crippen LogP contribution in [0.25, 0.3) is 11.3 Å². The third kappa shape index (κ3) is 5.49. The van der Waals surface area contributed by atoms with Crippen LogP contribution in [0.5, 0.6) is 0 Å². The first-order chi connectivity index (χ1) is 15.7. The van der Waals surface area contributed by atoms with E-state index in [1.54, 1.807) is 18.3 Å². The maximum atomic E-state index is 12.7. The summed E-state index contributed by atoms with van der Waals surface area (Å²) in [6, 6.07) is 28.6. The van der Waals surface area contributed by atoms with E-state index in [1.807, 2.05) is 66.7 Å². The van der Waals surface area contributed by atoms with Crippen molar-refractivity contribution in [3.63, 3.8) is 0 Å². The molecular formula is C26H24N4O2. The first-order valence-electron chi connectivity index (χ1n) is 10.5. The Labute approximate surface area is 186 Å². The number of carbonyl (C=O) groups is 2. The number of aromatic amines is 1. The van der Waals surface area contributed by atoms with E-state index < -0.39 is 11.8 Å². The molecule has 0 aliphatic rings. The lowest BCUT2D eigenvalue weighted by molar-refractivity contribution is -0.136. The molecule has 2 amide bonds. The van der Waals surface area contributed by atoms with E-state index in [9.17, 15) is 9.59 Å². The largest absolute Gasteiger partial charge is 0.341 e. The molecule has 0 bridgehead atoms. The highest BCUT2D eigenvalue weighted by Gasteiger charge is 2.20. The van der Waals surface area contributed by atoms with Gasteiger partial charge in [0, 0.05) is 17.4 Å². The molecule has 1 heterocycles. The first kappa shape index (κ1) is 21.1. The number of carbonyl (C=O) groups excluding carboxylic acids is 2. The molecule has 0 aliphatic heterocycles. The number of hydrogen-bond donors (Lipinski definition) is 3. The van der Waals surface area contributed by atoms with Gasteiger partial charge in [-0.3, -0.25) is 14.7 Å². The van der Waals surface area contributed by atoms with Crippen LogP contribution in [0.4, 0.5) is 5.69 Å². The Kier molecular flexibility index (Phi) is 6.72. The molecule has 6 heteroatoms. The number of anilines is 1. The zero-order valence-corrected chi connectivity index (χ0v) is 17.5. The zero-order valence-electron chi connectivity index (χ0n) is 17.5. The zero-order chi connectivity index (χ0) is 22.2. The van der Waals surface area contributed by atoms with Gasteiger partial charge in [0.25, 0.3) is 0 Å². The molecule has 0 aliphatic carbocycles. The van der Waals surface area contributed by atoms with Crippen molar-refractivity contribution < 1.29 is 9.59 Å². The van der Waals surface area contributed by atoms with Crippen molar-refractivity contribution in [2.75, 3.05) is 5.32 Å². The Bertz CT molecular complexity index is 1160. The summed E-state index contributed by atoms with van der Waals surface area (Å²) < 4.78 is 0. The van der Waals surface area contributed by atoms with E-state index >= 15 is 0 Å². The van der Waals surface area contributed by atoms with Crippen molar-refractivity contribution in [3.05, 3.63) is 108 Å². The van der Waals surface area contributed by atoms with E-state index in [-0.39, 0.29) is 6.04 Å². The molecule has 3 aromatic carbocycles. The summed E-state index contributed by atoms with van der Waals surface area (Å²) in [5.41, 5.74) is 4.38. The third-order valence-corrected chi connectivity index (χ3v) is 5.21. The van der Waals surface area contributed by atoms with E-state index in [4.69, 9.17) is 0 Å². The summed E-state index contributed by atoms with van der Waals surface area (Å²) in [6.07, 6.45) is 3.13. The maximum Gasteiger partial charge on any atom is 0.313 e. The van der Waals surface area contributed by atoms with Crippen molar-refractivity contribution in [2.24, 2.45) is 0 Å². The van der Waals surface area contributed by atoms with Crippen molar-refractivity contribution in [1.82, 2.24) is 15.5 Å². The summed E-state index contributed by atoms with van der Waals surface area (Å²) in [5.74, 6) is -1.37. The highest BCUT2D eigenvalue weighted by molar-refractivity contribution is 6.39. The Morgan fingerprint density at radius 1 is 0.844 bits per heavy atom. The molecule has 160 valence electrons. The minimum Gasteiger partial charge on any atom is -0.341 e. The normalized spacial score (nSPS) is 11.5. The molecule has 4 rings (SSSR count). The van der Waals surface area contributed by atoms with Crippen LogP contribution < -0.4 is 10.6 Å². The Balaban J connectivity index is 1.43. The molecule has 0 radical (unpaired) electrons. The highest BCUT2D eigenvalue weighted by Crippen LogP contribution is 2.21. The lowest BCUT2D eigenvalue weighted by Crippen LogP contribution is -2.38. The number of H-pyrrole nitrogens is 1. The molecule has 1 atom stereocenters. The van der Waals surface area contributed by atoms with Gasteiger partial charge in [-0.2, -0.15) is 5.10 Å². The lowest BCUT2D eigenvalue weighted by Gasteiger charge is -2.19. The lowest BCUT2D eigenvalue weighted by atomic mass is 9.99. The van der Waals surface area contributed by atoms with Crippen LogP contribution >= 0.6 is 0 Å². The summed E-state index contributed by atoms with van der Waals surface area (Å²) in [7, 11) is 0. The van der Waals surface area contributed by atoms with E-state index in [2.05, 4.69) is 33.0 Å². The molecule has 0 spiro atoms. The fraction of sp³-hybridized carbons (Fsp3) is 0.115. The molecule has 4 aromatic rings. The minimum atomic E-state index is -0.701. The number of aromatic nitrogens is 2. The molecule has 6 nitrogen and oxygen atoms in total. The number of nitrogens with one attached hydrogen (secondary N) is 3. The van der Waals surface area contributed by atoms with Gasteiger partial charge in [0.1, 0.15) is 0 Å². The minimum absolute atomic E-state index is 0.272. The third-order valence-electron chi connectivity index (χ3n) is 5.21. The van der Waals surface area contributed by atoms with Crippen LogP contribution in [0.3, 0.4) is 0 Å². The fourth-order valence-electron chi connectivity index (χ4n) is 3.56. The number of aryl methyl sites for hydroxylation is 1. The van der Waals surface area contributed by atoms with Crippen LogP contribution in [-0.2, 0) is 16.0 Å². The average molecular weight is 425 g/mol. The standard InChI is InChI=1S/C26H24N4O2/c31-25(28-22-13-7-12-21(18-22)24-16-17-27-30-24)26(32)29-23(20-10-5-2-6-11-20)15-14-19-8-3-1-4-9-19/h1-13,16-18,23H,14-15H2,(H,27,30)(H,28,31)(H,29,32). The van der Waals surface area contributed by atoms with Crippen molar-refractivity contribution in [3.8, 4) is 11.3 Å². The molecule has 1 aromatic heterocycles. The predicted molar refractivity (Wildman–Crippen MR) is 125 cm³/mol. The molecule has 0 saturated carbocycles. The van der Waals surface area contributed by atoms with Crippen LogP contribution in [0.1, 0.15) is 23.6 Å². The number of amides is 2. The Hall–Kier alpha value is -4.19. The highest BCUT2D eigenvalue weighted by atomic mass is 16.2. The molecule has 0 saturated heterocycles. The second kappa shape index (κ2) is 10.2.